The van der Waals surface area contributed by atoms with Gasteiger partial charge in [-0.2, -0.15) is 9.97 Å². The lowest BCUT2D eigenvalue weighted by Gasteiger charge is -2.41. The summed E-state index contributed by atoms with van der Waals surface area (Å²) in [6.07, 6.45) is 2.98. The first-order chi connectivity index (χ1) is 21.7. The maximum absolute atomic E-state index is 14.4. The number of hydrogen-bond donors (Lipinski definition) is 0. The number of amides is 1. The molecule has 3 aromatic rings. The molecule has 6 rings (SSSR count). The van der Waals surface area contributed by atoms with E-state index >= 15 is 0 Å². The Morgan fingerprint density at radius 1 is 1.24 bits per heavy atom. The van der Waals surface area contributed by atoms with Crippen LogP contribution >= 0.6 is 11.6 Å². The quantitative estimate of drug-likeness (QED) is 0.226. The second-order valence-electron chi connectivity index (χ2n) is 12.5. The number of hydrogen-bond acceptors (Lipinski definition) is 7. The first-order valence-electron chi connectivity index (χ1n) is 15.6. The molecule has 0 radical (unpaired) electrons. The molecule has 1 saturated carbocycles. The highest BCUT2D eigenvalue weighted by Crippen LogP contribution is 2.40. The molecule has 9 nitrogen and oxygen atoms in total. The summed E-state index contributed by atoms with van der Waals surface area (Å²) in [6.45, 7) is 17.0. The van der Waals surface area contributed by atoms with Gasteiger partial charge in [-0.3, -0.25) is 9.69 Å². The number of halogens is 2. The van der Waals surface area contributed by atoms with Gasteiger partial charge in [0.1, 0.15) is 23.6 Å². The van der Waals surface area contributed by atoms with Crippen LogP contribution in [0, 0.1) is 6.57 Å². The Hall–Kier alpha value is -3.94. The topological polar surface area (TPSA) is 69.4 Å². The molecule has 3 heterocycles. The van der Waals surface area contributed by atoms with Gasteiger partial charge >= 0.3 is 6.01 Å². The molecule has 2 atom stereocenters. The number of piperazine rings is 1. The van der Waals surface area contributed by atoms with Crippen molar-refractivity contribution >= 4 is 39.8 Å². The number of ether oxygens (including phenoxy) is 1. The van der Waals surface area contributed by atoms with Crippen LogP contribution < -0.4 is 14.5 Å². The third-order valence-electron chi connectivity index (χ3n) is 8.96. The van der Waals surface area contributed by atoms with Gasteiger partial charge in [-0.1, -0.05) is 42.4 Å². The Morgan fingerprint density at radius 3 is 2.76 bits per heavy atom. The molecule has 1 aliphatic carbocycles. The van der Waals surface area contributed by atoms with Crippen molar-refractivity contribution in [3.05, 3.63) is 76.8 Å². The average molecular weight is 632 g/mol. The molecule has 2 aromatic carbocycles. The van der Waals surface area contributed by atoms with Crippen molar-refractivity contribution in [2.75, 3.05) is 62.7 Å². The zero-order valence-corrected chi connectivity index (χ0v) is 26.6. The van der Waals surface area contributed by atoms with Crippen LogP contribution in [-0.4, -0.2) is 96.4 Å². The zero-order valence-electron chi connectivity index (χ0n) is 25.9. The number of alkyl halides is 1. The highest BCUT2D eigenvalue weighted by Gasteiger charge is 2.44. The summed E-state index contributed by atoms with van der Waals surface area (Å²) >= 11 is 6.70. The number of nitrogens with zero attached hydrogens (tertiary/aromatic N) is 7. The lowest BCUT2D eigenvalue weighted by atomic mass is 10.0. The van der Waals surface area contributed by atoms with Crippen molar-refractivity contribution in [3.63, 3.8) is 0 Å². The SMILES string of the molecule is [C-]#[N+]C[C@H]1CN(c2nc(O[C@@H](C)CN(C)CC3(F)CC3)nc3c2CCN(c2cccc4cccc(Cl)c24)C3)CCN1C(=O)C=C. The standard InChI is InChI=1S/C34H39ClFN7O2/c1-5-30(44)43-17-16-42(20-25(43)18-37-3)32-26-12-15-41(29-11-7-9-24-8-6-10-27(35)31(24)29)21-28(26)38-33(39-32)45-23(2)19-40(4)22-34(36)13-14-34/h5-11,23,25H,1,12-22H2,2,4H3/t23-,25-/m0/s1. The fraction of sp³-hybridized carbons (Fsp3) is 0.471. The van der Waals surface area contributed by atoms with E-state index in [4.69, 9.17) is 32.9 Å². The number of anilines is 2. The van der Waals surface area contributed by atoms with Gasteiger partial charge in [-0.25, -0.2) is 11.0 Å². The molecule has 45 heavy (non-hydrogen) atoms. The summed E-state index contributed by atoms with van der Waals surface area (Å²) in [5, 5.41) is 2.80. The van der Waals surface area contributed by atoms with E-state index in [9.17, 15) is 9.18 Å². The van der Waals surface area contributed by atoms with Crippen LogP contribution in [0.5, 0.6) is 6.01 Å². The molecule has 0 unspecified atom stereocenters. The minimum Gasteiger partial charge on any atom is -0.459 e. The average Bonchev–Trinajstić information content (AvgIpc) is 3.75. The predicted molar refractivity (Wildman–Crippen MR) is 176 cm³/mol. The van der Waals surface area contributed by atoms with Crippen molar-refractivity contribution in [1.29, 1.82) is 0 Å². The van der Waals surface area contributed by atoms with E-state index in [0.29, 0.717) is 63.6 Å². The molecule has 1 aromatic heterocycles. The van der Waals surface area contributed by atoms with Crippen molar-refractivity contribution in [3.8, 4) is 6.01 Å². The normalized spacial score (nSPS) is 19.6. The molecule has 0 spiro atoms. The Bertz CT molecular complexity index is 1640. The highest BCUT2D eigenvalue weighted by molar-refractivity contribution is 6.36. The Morgan fingerprint density at radius 2 is 2.02 bits per heavy atom. The first kappa shape index (κ1) is 31.1. The third kappa shape index (κ3) is 6.70. The Kier molecular flexibility index (Phi) is 8.85. The van der Waals surface area contributed by atoms with Gasteiger partial charge in [0.2, 0.25) is 12.5 Å². The summed E-state index contributed by atoms with van der Waals surface area (Å²) in [4.78, 5) is 34.2. The largest absolute Gasteiger partial charge is 0.459 e. The second kappa shape index (κ2) is 12.8. The van der Waals surface area contributed by atoms with Gasteiger partial charge in [0.25, 0.3) is 0 Å². The van der Waals surface area contributed by atoms with E-state index in [-0.39, 0.29) is 30.6 Å². The maximum atomic E-state index is 14.4. The van der Waals surface area contributed by atoms with Crippen LogP contribution in [0.1, 0.15) is 31.0 Å². The molecule has 2 aliphatic heterocycles. The first-order valence-corrected chi connectivity index (χ1v) is 15.9. The highest BCUT2D eigenvalue weighted by atomic mass is 35.5. The van der Waals surface area contributed by atoms with E-state index < -0.39 is 5.67 Å². The van der Waals surface area contributed by atoms with E-state index in [1.807, 2.05) is 37.1 Å². The monoisotopic (exact) mass is 631 g/mol. The molecule has 2 fully saturated rings. The zero-order chi connectivity index (χ0) is 31.7. The lowest BCUT2D eigenvalue weighted by Crippen LogP contribution is -2.56. The number of fused-ring (bicyclic) bond motifs is 2. The van der Waals surface area contributed by atoms with Crippen LogP contribution in [0.15, 0.2) is 49.1 Å². The summed E-state index contributed by atoms with van der Waals surface area (Å²) in [5.41, 5.74) is 1.90. The summed E-state index contributed by atoms with van der Waals surface area (Å²) in [7, 11) is 1.91. The van der Waals surface area contributed by atoms with E-state index in [0.717, 1.165) is 40.1 Å². The summed E-state index contributed by atoms with van der Waals surface area (Å²) < 4.78 is 20.7. The van der Waals surface area contributed by atoms with Crippen molar-refractivity contribution in [2.45, 2.75) is 50.5 Å². The number of likely N-dealkylation sites (N-methyl/N-ethyl adjacent to an activating group) is 1. The fourth-order valence-electron chi connectivity index (χ4n) is 6.66. The third-order valence-corrected chi connectivity index (χ3v) is 9.27. The van der Waals surface area contributed by atoms with Gasteiger partial charge in [0.05, 0.1) is 17.3 Å². The van der Waals surface area contributed by atoms with Crippen molar-refractivity contribution < 1.29 is 13.9 Å². The molecule has 11 heteroatoms. The molecule has 3 aliphatic rings. The van der Waals surface area contributed by atoms with E-state index in [2.05, 4.69) is 39.4 Å². The summed E-state index contributed by atoms with van der Waals surface area (Å²) in [6, 6.07) is 12.1. The van der Waals surface area contributed by atoms with Crippen molar-refractivity contribution in [1.82, 2.24) is 19.8 Å². The van der Waals surface area contributed by atoms with E-state index in [1.54, 1.807) is 4.90 Å². The van der Waals surface area contributed by atoms with Crippen LogP contribution in [0.25, 0.3) is 15.6 Å². The second-order valence-corrected chi connectivity index (χ2v) is 12.9. The number of rotatable bonds is 10. The maximum Gasteiger partial charge on any atom is 0.318 e. The molecule has 236 valence electrons. The number of carbonyl (C=O) groups excluding carboxylic acids is 1. The number of aromatic nitrogens is 2. The Labute approximate surface area is 269 Å². The van der Waals surface area contributed by atoms with Crippen LogP contribution in [0.4, 0.5) is 15.9 Å². The van der Waals surface area contributed by atoms with Gasteiger partial charge in [-0.05, 0) is 56.8 Å². The molecule has 0 N–H and O–H groups in total. The molecular weight excluding hydrogens is 593 g/mol. The molecular formula is C34H39ClFN7O2. The minimum absolute atomic E-state index is 0.166. The van der Waals surface area contributed by atoms with Gasteiger partial charge in [0.15, 0.2) is 0 Å². The van der Waals surface area contributed by atoms with Gasteiger partial charge in [0, 0.05) is 55.9 Å². The fourth-order valence-corrected chi connectivity index (χ4v) is 6.94. The van der Waals surface area contributed by atoms with Crippen LogP contribution in [0.2, 0.25) is 5.02 Å². The van der Waals surface area contributed by atoms with Crippen molar-refractivity contribution in [2.24, 2.45) is 0 Å². The Balaban J connectivity index is 1.31. The molecule has 1 saturated heterocycles. The smallest absolute Gasteiger partial charge is 0.318 e. The van der Waals surface area contributed by atoms with Crippen LogP contribution in [0.3, 0.4) is 0 Å². The molecule has 0 bridgehead atoms. The lowest BCUT2D eigenvalue weighted by molar-refractivity contribution is -0.128. The predicted octanol–water partition coefficient (Wildman–Crippen LogP) is 5.17. The van der Waals surface area contributed by atoms with Crippen LogP contribution in [-0.2, 0) is 17.8 Å². The number of carbonyl (C=O) groups is 1. The van der Waals surface area contributed by atoms with E-state index in [1.165, 1.54) is 6.08 Å². The molecule has 1 amide bonds. The number of benzene rings is 2. The minimum atomic E-state index is -1.07. The van der Waals surface area contributed by atoms with Gasteiger partial charge < -0.3 is 24.3 Å². The van der Waals surface area contributed by atoms with Gasteiger partial charge in [-0.15, -0.1) is 0 Å². The summed E-state index contributed by atoms with van der Waals surface area (Å²) in [5.74, 6) is 0.619.